The number of aryl methyl sites for hydroxylation is 1. The van der Waals surface area contributed by atoms with E-state index in [-0.39, 0.29) is 5.41 Å². The first-order chi connectivity index (χ1) is 9.18. The third-order valence-corrected chi connectivity index (χ3v) is 3.16. The number of nitrogens with two attached hydrogens (primary N) is 1. The number of ether oxygens (including phenoxy) is 1. The van der Waals surface area contributed by atoms with E-state index < -0.39 is 11.7 Å². The number of carbonyl (C=O) groups is 1. The van der Waals surface area contributed by atoms with Gasteiger partial charge in [-0.25, -0.2) is 4.79 Å². The van der Waals surface area contributed by atoms with Crippen molar-refractivity contribution in [3.05, 3.63) is 29.6 Å². The Kier molecular flexibility index (Phi) is 5.11. The lowest BCUT2D eigenvalue weighted by atomic mass is 9.81. The maximum absolute atomic E-state index is 11.7. The fourth-order valence-electron chi connectivity index (χ4n) is 1.95. The smallest absolute Gasteiger partial charge is 0.407 e. The number of nitrogens with zero attached hydrogens (tertiary/aromatic N) is 1. The number of alkyl carbamates (subject to hydrolysis) is 1. The normalized spacial score (nSPS) is 14.5. The van der Waals surface area contributed by atoms with Gasteiger partial charge in [0, 0.05) is 30.9 Å². The Balaban J connectivity index is 2.77. The lowest BCUT2D eigenvalue weighted by Crippen LogP contribution is -2.45. The molecule has 1 aromatic rings. The van der Waals surface area contributed by atoms with Crippen LogP contribution in [0.25, 0.3) is 0 Å². The zero-order valence-electron chi connectivity index (χ0n) is 13.0. The second kappa shape index (κ2) is 6.22. The van der Waals surface area contributed by atoms with Crippen LogP contribution in [0.15, 0.2) is 18.5 Å². The summed E-state index contributed by atoms with van der Waals surface area (Å²) in [5.74, 6) is 0. The van der Waals surface area contributed by atoms with Crippen molar-refractivity contribution in [2.75, 3.05) is 13.1 Å². The molecular weight excluding hydrogens is 254 g/mol. The van der Waals surface area contributed by atoms with E-state index in [0.717, 1.165) is 11.1 Å². The van der Waals surface area contributed by atoms with Gasteiger partial charge in [0.05, 0.1) is 0 Å². The number of carbonyl (C=O) groups excluding carboxylic acids is 1. The van der Waals surface area contributed by atoms with Gasteiger partial charge in [-0.05, 0) is 44.9 Å². The largest absolute Gasteiger partial charge is 0.444 e. The van der Waals surface area contributed by atoms with Gasteiger partial charge in [-0.1, -0.05) is 6.92 Å². The van der Waals surface area contributed by atoms with Gasteiger partial charge < -0.3 is 15.8 Å². The molecule has 0 bridgehead atoms. The molecule has 0 aliphatic rings. The number of aromatic nitrogens is 1. The molecular formula is C15H25N3O2. The molecule has 1 heterocycles. The van der Waals surface area contributed by atoms with E-state index in [1.54, 1.807) is 12.4 Å². The molecule has 5 nitrogen and oxygen atoms in total. The molecule has 0 saturated heterocycles. The van der Waals surface area contributed by atoms with Gasteiger partial charge in [-0.2, -0.15) is 0 Å². The van der Waals surface area contributed by atoms with Crippen LogP contribution in [0.3, 0.4) is 0 Å². The molecule has 0 fully saturated rings. The monoisotopic (exact) mass is 279 g/mol. The molecule has 1 atom stereocenters. The zero-order chi connectivity index (χ0) is 15.4. The quantitative estimate of drug-likeness (QED) is 0.885. The molecule has 112 valence electrons. The summed E-state index contributed by atoms with van der Waals surface area (Å²) in [6.07, 6.45) is 3.12. The Morgan fingerprint density at radius 1 is 1.40 bits per heavy atom. The summed E-state index contributed by atoms with van der Waals surface area (Å²) in [6, 6.07) is 1.94. The van der Waals surface area contributed by atoms with Crippen LogP contribution in [0, 0.1) is 6.92 Å². The molecule has 0 radical (unpaired) electrons. The van der Waals surface area contributed by atoms with Crippen molar-refractivity contribution < 1.29 is 9.53 Å². The molecule has 0 aliphatic heterocycles. The zero-order valence-corrected chi connectivity index (χ0v) is 13.0. The van der Waals surface area contributed by atoms with Crippen molar-refractivity contribution in [3.8, 4) is 0 Å². The van der Waals surface area contributed by atoms with Gasteiger partial charge in [0.1, 0.15) is 5.60 Å². The van der Waals surface area contributed by atoms with Crippen molar-refractivity contribution in [3.63, 3.8) is 0 Å². The Morgan fingerprint density at radius 2 is 2.05 bits per heavy atom. The first-order valence-corrected chi connectivity index (χ1v) is 6.76. The van der Waals surface area contributed by atoms with E-state index in [0.29, 0.717) is 13.1 Å². The Labute approximate surface area is 120 Å². The summed E-state index contributed by atoms with van der Waals surface area (Å²) in [6.45, 7) is 10.3. The average molecular weight is 279 g/mol. The predicted octanol–water partition coefficient (Wildman–Crippen LogP) is 2.13. The van der Waals surface area contributed by atoms with E-state index in [2.05, 4.69) is 10.3 Å². The highest BCUT2D eigenvalue weighted by atomic mass is 16.6. The molecule has 1 aromatic heterocycles. The summed E-state index contributed by atoms with van der Waals surface area (Å²) < 4.78 is 5.24. The van der Waals surface area contributed by atoms with Crippen LogP contribution in [-0.2, 0) is 10.2 Å². The van der Waals surface area contributed by atoms with Crippen LogP contribution in [0.4, 0.5) is 4.79 Å². The summed E-state index contributed by atoms with van der Waals surface area (Å²) in [4.78, 5) is 15.9. The third kappa shape index (κ3) is 4.49. The van der Waals surface area contributed by atoms with Gasteiger partial charge in [0.2, 0.25) is 0 Å². The third-order valence-electron chi connectivity index (χ3n) is 3.16. The van der Waals surface area contributed by atoms with Crippen LogP contribution in [0.2, 0.25) is 0 Å². The molecule has 0 aliphatic carbocycles. The van der Waals surface area contributed by atoms with Gasteiger partial charge >= 0.3 is 6.09 Å². The maximum Gasteiger partial charge on any atom is 0.407 e. The first-order valence-electron chi connectivity index (χ1n) is 6.76. The molecule has 0 aromatic carbocycles. The van der Waals surface area contributed by atoms with Crippen molar-refractivity contribution >= 4 is 6.09 Å². The fraction of sp³-hybridized carbons (Fsp3) is 0.600. The standard InChI is InChI=1S/C15H25N3O2/c1-11-6-7-17-8-12(11)15(5,9-16)10-18-13(19)20-14(2,3)4/h6-8H,9-10,16H2,1-5H3,(H,18,19). The molecule has 5 heteroatoms. The number of pyridine rings is 1. The van der Waals surface area contributed by atoms with Crippen LogP contribution >= 0.6 is 0 Å². The Bertz CT molecular complexity index is 468. The van der Waals surface area contributed by atoms with Crippen molar-refractivity contribution in [2.24, 2.45) is 5.73 Å². The summed E-state index contributed by atoms with van der Waals surface area (Å²) in [7, 11) is 0. The van der Waals surface area contributed by atoms with Gasteiger partial charge in [0.15, 0.2) is 0 Å². The molecule has 3 N–H and O–H groups in total. The van der Waals surface area contributed by atoms with Gasteiger partial charge in [-0.15, -0.1) is 0 Å². The van der Waals surface area contributed by atoms with E-state index in [1.807, 2.05) is 40.7 Å². The maximum atomic E-state index is 11.7. The highest BCUT2D eigenvalue weighted by molar-refractivity contribution is 5.67. The van der Waals surface area contributed by atoms with Crippen molar-refractivity contribution in [2.45, 2.75) is 45.6 Å². The van der Waals surface area contributed by atoms with Gasteiger partial charge in [0.25, 0.3) is 0 Å². The van der Waals surface area contributed by atoms with Crippen LogP contribution < -0.4 is 11.1 Å². The minimum Gasteiger partial charge on any atom is -0.444 e. The number of rotatable bonds is 4. The van der Waals surface area contributed by atoms with E-state index in [4.69, 9.17) is 10.5 Å². The van der Waals surface area contributed by atoms with E-state index >= 15 is 0 Å². The van der Waals surface area contributed by atoms with Gasteiger partial charge in [-0.3, -0.25) is 4.98 Å². The van der Waals surface area contributed by atoms with Crippen molar-refractivity contribution in [1.29, 1.82) is 0 Å². The highest BCUT2D eigenvalue weighted by Gasteiger charge is 2.28. The predicted molar refractivity (Wildman–Crippen MR) is 79.6 cm³/mol. The number of hydrogen-bond donors (Lipinski definition) is 2. The second-order valence-electron chi connectivity index (χ2n) is 6.31. The lowest BCUT2D eigenvalue weighted by molar-refractivity contribution is 0.0516. The molecule has 0 saturated carbocycles. The lowest BCUT2D eigenvalue weighted by Gasteiger charge is -2.30. The van der Waals surface area contributed by atoms with Crippen LogP contribution in [0.5, 0.6) is 0 Å². The van der Waals surface area contributed by atoms with Crippen molar-refractivity contribution in [1.82, 2.24) is 10.3 Å². The average Bonchev–Trinajstić information content (AvgIpc) is 2.34. The summed E-state index contributed by atoms with van der Waals surface area (Å²) >= 11 is 0. The molecule has 0 spiro atoms. The topological polar surface area (TPSA) is 77.2 Å². The fourth-order valence-corrected chi connectivity index (χ4v) is 1.95. The summed E-state index contributed by atoms with van der Waals surface area (Å²) in [5.41, 5.74) is 7.18. The summed E-state index contributed by atoms with van der Waals surface area (Å²) in [5, 5.41) is 2.79. The minimum atomic E-state index is -0.507. The van der Waals surface area contributed by atoms with Crippen LogP contribution in [0.1, 0.15) is 38.8 Å². The Hall–Kier alpha value is -1.62. The minimum absolute atomic E-state index is 0.366. The SMILES string of the molecule is Cc1ccncc1C(C)(CN)CNC(=O)OC(C)(C)C. The molecule has 20 heavy (non-hydrogen) atoms. The number of amides is 1. The first kappa shape index (κ1) is 16.4. The molecule has 1 unspecified atom stereocenters. The number of hydrogen-bond acceptors (Lipinski definition) is 4. The number of nitrogens with one attached hydrogen (secondary N) is 1. The second-order valence-corrected chi connectivity index (χ2v) is 6.31. The van der Waals surface area contributed by atoms with E-state index in [9.17, 15) is 4.79 Å². The highest BCUT2D eigenvalue weighted by Crippen LogP contribution is 2.24. The van der Waals surface area contributed by atoms with Crippen LogP contribution in [-0.4, -0.2) is 29.8 Å². The van der Waals surface area contributed by atoms with E-state index in [1.165, 1.54) is 0 Å². The Morgan fingerprint density at radius 3 is 2.55 bits per heavy atom. The molecule has 1 amide bonds. The molecule has 1 rings (SSSR count).